The largest absolute Gasteiger partial charge is 0.478 e. The number of carbonyl (C=O) groups is 1. The maximum atomic E-state index is 10.2. The standard InChI is InChI=1S/C6H5NO2.3C4H9.Sn/c8-6(9)5-1-3-7-4-2-5;3*1-3-4-2;/h1-4H,(H,8,9);3*1,3-4H2,2H3;. The molecule has 0 aromatic carbocycles. The van der Waals surface area contributed by atoms with Crippen LogP contribution in [0.25, 0.3) is 0 Å². The average Bonchev–Trinajstić information content (AvgIpc) is 2.55. The smallest absolute Gasteiger partial charge is 0.335 e. The first-order valence-electron chi connectivity index (χ1n) is 8.62. The summed E-state index contributed by atoms with van der Waals surface area (Å²) in [5, 5.41) is 8.36. The summed E-state index contributed by atoms with van der Waals surface area (Å²) in [5.41, 5.74) is 0.269. The van der Waals surface area contributed by atoms with E-state index in [0.717, 1.165) is 0 Å². The molecule has 1 radical (unpaired) electrons. The van der Waals surface area contributed by atoms with Crippen LogP contribution in [0.1, 0.15) is 69.7 Å². The Hall–Kier alpha value is -0.581. The van der Waals surface area contributed by atoms with Crippen LogP contribution in [-0.4, -0.2) is 35.8 Å². The van der Waals surface area contributed by atoms with Gasteiger partial charge >= 0.3 is 98.3 Å². The maximum absolute atomic E-state index is 10.2. The topological polar surface area (TPSA) is 50.2 Å². The van der Waals surface area contributed by atoms with Gasteiger partial charge in [-0.1, -0.05) is 0 Å². The number of aromatic carboxylic acids is 1. The van der Waals surface area contributed by atoms with Crippen LogP contribution in [0.15, 0.2) is 24.5 Å². The third-order valence-corrected chi connectivity index (χ3v) is 12.7. The Balaban J connectivity index is 0.000000425. The number of aromatic nitrogens is 1. The van der Waals surface area contributed by atoms with E-state index in [-0.39, 0.29) is 5.56 Å². The summed E-state index contributed by atoms with van der Waals surface area (Å²) in [6.07, 6.45) is 11.7. The minimum Gasteiger partial charge on any atom is -0.478 e. The van der Waals surface area contributed by atoms with E-state index >= 15 is 0 Å². The van der Waals surface area contributed by atoms with Crippen LogP contribution in [0, 0.1) is 0 Å². The number of rotatable bonds is 10. The summed E-state index contributed by atoms with van der Waals surface area (Å²) in [7, 11) is 0. The third-order valence-electron chi connectivity index (χ3n) is 3.58. The Labute approximate surface area is 143 Å². The van der Waals surface area contributed by atoms with Crippen LogP contribution in [-0.2, 0) is 0 Å². The van der Waals surface area contributed by atoms with Gasteiger partial charge in [0.2, 0.25) is 0 Å². The van der Waals surface area contributed by atoms with Gasteiger partial charge in [-0.05, 0) is 12.1 Å². The second-order valence-corrected chi connectivity index (χ2v) is 14.2. The number of carboxylic acids is 1. The number of hydrogen-bond donors (Lipinski definition) is 1. The molecule has 4 heteroatoms. The predicted molar refractivity (Wildman–Crippen MR) is 96.1 cm³/mol. The zero-order valence-corrected chi connectivity index (χ0v) is 17.3. The van der Waals surface area contributed by atoms with Crippen molar-refractivity contribution in [3.05, 3.63) is 30.1 Å². The summed E-state index contributed by atoms with van der Waals surface area (Å²) in [6.45, 7) is 7.00. The van der Waals surface area contributed by atoms with Crippen molar-refractivity contribution in [2.24, 2.45) is 0 Å². The maximum Gasteiger partial charge on any atom is 0.335 e. The minimum atomic E-state index is -0.919. The summed E-state index contributed by atoms with van der Waals surface area (Å²) >= 11 is -0.839. The summed E-state index contributed by atoms with van der Waals surface area (Å²) in [6, 6.07) is 2.89. The molecule has 0 bridgehead atoms. The SMILES string of the molecule is CCC[CH2][Sn]([CH2]CCC)[CH2]CCC.O=C(O)c1ccncc1. The van der Waals surface area contributed by atoms with Gasteiger partial charge in [0.25, 0.3) is 0 Å². The average molecular weight is 413 g/mol. The van der Waals surface area contributed by atoms with Crippen LogP contribution in [0.5, 0.6) is 0 Å². The fraction of sp³-hybridized carbons (Fsp3) is 0.667. The summed E-state index contributed by atoms with van der Waals surface area (Å²) < 4.78 is 5.04. The molecule has 0 aliphatic heterocycles. The van der Waals surface area contributed by atoms with Gasteiger partial charge in [-0.15, -0.1) is 0 Å². The van der Waals surface area contributed by atoms with Crippen LogP contribution in [0.3, 0.4) is 0 Å². The molecule has 0 aliphatic carbocycles. The number of nitrogens with zero attached hydrogens (tertiary/aromatic N) is 1. The fourth-order valence-corrected chi connectivity index (χ4v) is 11.6. The van der Waals surface area contributed by atoms with E-state index in [1.165, 1.54) is 63.1 Å². The molecule has 0 fully saturated rings. The zero-order valence-electron chi connectivity index (χ0n) is 14.5. The summed E-state index contributed by atoms with van der Waals surface area (Å²) in [4.78, 5) is 13.8. The van der Waals surface area contributed by atoms with Gasteiger partial charge in [-0.3, -0.25) is 4.98 Å². The van der Waals surface area contributed by atoms with Crippen LogP contribution in [0.4, 0.5) is 0 Å². The first-order valence-corrected chi connectivity index (χ1v) is 14.7. The van der Waals surface area contributed by atoms with Crippen molar-refractivity contribution in [2.45, 2.75) is 72.6 Å². The van der Waals surface area contributed by atoms with Crippen molar-refractivity contribution >= 4 is 25.7 Å². The molecule has 1 aromatic heterocycles. The molecule has 1 aromatic rings. The molecule has 22 heavy (non-hydrogen) atoms. The Morgan fingerprint density at radius 1 is 0.955 bits per heavy atom. The van der Waals surface area contributed by atoms with Gasteiger partial charge in [0.1, 0.15) is 0 Å². The van der Waals surface area contributed by atoms with Crippen molar-refractivity contribution in [3.63, 3.8) is 0 Å². The van der Waals surface area contributed by atoms with Crippen LogP contribution < -0.4 is 0 Å². The quantitative estimate of drug-likeness (QED) is 0.504. The minimum absolute atomic E-state index is 0.269. The third kappa shape index (κ3) is 12.0. The van der Waals surface area contributed by atoms with Crippen molar-refractivity contribution in [2.75, 3.05) is 0 Å². The van der Waals surface area contributed by atoms with E-state index < -0.39 is 25.7 Å². The van der Waals surface area contributed by atoms with Crippen molar-refractivity contribution in [3.8, 4) is 0 Å². The molecule has 0 amide bonds. The molecule has 3 nitrogen and oxygen atoms in total. The molecule has 1 rings (SSSR count). The number of unbranched alkanes of at least 4 members (excludes halogenated alkanes) is 3. The number of hydrogen-bond acceptors (Lipinski definition) is 2. The van der Waals surface area contributed by atoms with E-state index in [0.29, 0.717) is 0 Å². The van der Waals surface area contributed by atoms with Gasteiger partial charge in [0.15, 0.2) is 0 Å². The fourth-order valence-electron chi connectivity index (χ4n) is 2.15. The molecule has 1 heterocycles. The molecule has 0 unspecified atom stereocenters. The predicted octanol–water partition coefficient (Wildman–Crippen LogP) is 5.66. The Morgan fingerprint density at radius 2 is 1.36 bits per heavy atom. The van der Waals surface area contributed by atoms with Crippen LogP contribution in [0.2, 0.25) is 13.3 Å². The Morgan fingerprint density at radius 3 is 1.64 bits per heavy atom. The molecular weight excluding hydrogens is 381 g/mol. The van der Waals surface area contributed by atoms with E-state index in [1.54, 1.807) is 13.3 Å². The van der Waals surface area contributed by atoms with Gasteiger partial charge in [-0.25, -0.2) is 4.79 Å². The molecule has 0 spiro atoms. The zero-order chi connectivity index (χ0) is 16.6. The molecule has 125 valence electrons. The monoisotopic (exact) mass is 414 g/mol. The normalized spacial score (nSPS) is 10.2. The number of carboxylic acid groups (broad SMARTS) is 1. The van der Waals surface area contributed by atoms with E-state index in [9.17, 15) is 4.79 Å². The van der Waals surface area contributed by atoms with Crippen molar-refractivity contribution in [1.29, 1.82) is 0 Å². The molecule has 0 aliphatic rings. The number of pyridine rings is 1. The Bertz CT molecular complexity index is 352. The van der Waals surface area contributed by atoms with Gasteiger partial charge in [0.05, 0.1) is 5.56 Å². The molecule has 0 saturated heterocycles. The second kappa shape index (κ2) is 15.3. The van der Waals surface area contributed by atoms with Crippen molar-refractivity contribution < 1.29 is 9.90 Å². The van der Waals surface area contributed by atoms with Crippen LogP contribution >= 0.6 is 0 Å². The van der Waals surface area contributed by atoms with Gasteiger partial charge in [-0.2, -0.15) is 0 Å². The van der Waals surface area contributed by atoms with E-state index in [1.807, 2.05) is 0 Å². The van der Waals surface area contributed by atoms with Crippen molar-refractivity contribution in [1.82, 2.24) is 4.98 Å². The van der Waals surface area contributed by atoms with Gasteiger partial charge < -0.3 is 5.11 Å². The van der Waals surface area contributed by atoms with E-state index in [2.05, 4.69) is 25.8 Å². The summed E-state index contributed by atoms with van der Waals surface area (Å²) in [5.74, 6) is -0.919. The second-order valence-electron chi connectivity index (χ2n) is 5.60. The first-order chi connectivity index (χ1) is 10.7. The molecule has 1 N–H and O–H groups in total. The Kier molecular flexibility index (Phi) is 14.9. The molecular formula is C18H32NO2Sn. The molecule has 0 saturated carbocycles. The molecule has 0 atom stereocenters. The van der Waals surface area contributed by atoms with Gasteiger partial charge in [0, 0.05) is 12.4 Å². The first kappa shape index (κ1) is 21.4. The van der Waals surface area contributed by atoms with E-state index in [4.69, 9.17) is 5.11 Å².